The number of nitrogens with one attached hydrogen (secondary N) is 1. The summed E-state index contributed by atoms with van der Waals surface area (Å²) in [5.74, 6) is 0.702. The molecule has 2 rings (SSSR count). The molecular weight excluding hydrogens is 208 g/mol. The molecule has 0 spiro atoms. The number of hydrogen-bond acceptors (Lipinski definition) is 4. The van der Waals surface area contributed by atoms with Gasteiger partial charge in [0, 0.05) is 19.4 Å². The van der Waals surface area contributed by atoms with Crippen LogP contribution in [0.1, 0.15) is 18.8 Å². The van der Waals surface area contributed by atoms with Gasteiger partial charge in [0.1, 0.15) is 12.7 Å². The molecule has 0 aliphatic carbocycles. The lowest BCUT2D eigenvalue weighted by molar-refractivity contribution is 0.238. The van der Waals surface area contributed by atoms with E-state index in [4.69, 9.17) is 0 Å². The molecule has 2 heterocycles. The number of aromatic nitrogens is 5. The molecule has 2 aromatic rings. The Morgan fingerprint density at radius 1 is 1.50 bits per heavy atom. The molecule has 1 N–H and O–H groups in total. The molecule has 0 radical (unpaired) electrons. The number of rotatable bonds is 2. The zero-order chi connectivity index (χ0) is 11.5. The topological polar surface area (TPSA) is 77.6 Å². The first-order chi connectivity index (χ1) is 7.68. The van der Waals surface area contributed by atoms with E-state index in [1.807, 2.05) is 14.0 Å². The number of aryl methyl sites for hydroxylation is 1. The molecule has 7 heteroatoms. The first-order valence-electron chi connectivity index (χ1n) is 4.81. The van der Waals surface area contributed by atoms with Crippen molar-refractivity contribution < 1.29 is 4.79 Å². The van der Waals surface area contributed by atoms with E-state index in [-0.39, 0.29) is 12.1 Å². The van der Waals surface area contributed by atoms with Gasteiger partial charge in [-0.05, 0) is 6.92 Å². The Bertz CT molecular complexity index is 474. The molecule has 0 aliphatic rings. The SMILES string of the molecule is CC(NC(=O)n1ccnc1)c1nncn1C. The maximum atomic E-state index is 11.7. The lowest BCUT2D eigenvalue weighted by Crippen LogP contribution is -2.31. The summed E-state index contributed by atoms with van der Waals surface area (Å²) in [7, 11) is 1.83. The third-order valence-electron chi connectivity index (χ3n) is 2.21. The van der Waals surface area contributed by atoms with E-state index in [2.05, 4.69) is 20.5 Å². The molecule has 2 aromatic heterocycles. The highest BCUT2D eigenvalue weighted by Gasteiger charge is 2.14. The molecule has 84 valence electrons. The first-order valence-corrected chi connectivity index (χ1v) is 4.81. The molecular formula is C9H12N6O. The minimum atomic E-state index is -0.243. The van der Waals surface area contributed by atoms with E-state index in [0.717, 1.165) is 0 Å². The molecule has 1 atom stereocenters. The van der Waals surface area contributed by atoms with Crippen molar-refractivity contribution in [1.29, 1.82) is 0 Å². The number of hydrogen-bond donors (Lipinski definition) is 1. The van der Waals surface area contributed by atoms with Crippen LogP contribution in [0.3, 0.4) is 0 Å². The van der Waals surface area contributed by atoms with Crippen LogP contribution >= 0.6 is 0 Å². The predicted molar refractivity (Wildman–Crippen MR) is 55.6 cm³/mol. The Kier molecular flexibility index (Phi) is 2.67. The van der Waals surface area contributed by atoms with Crippen LogP contribution < -0.4 is 5.32 Å². The Morgan fingerprint density at radius 3 is 2.88 bits per heavy atom. The number of carbonyl (C=O) groups excluding carboxylic acids is 1. The summed E-state index contributed by atoms with van der Waals surface area (Å²) in [4.78, 5) is 15.5. The standard InChI is InChI=1S/C9H12N6O/c1-7(8-13-11-6-14(8)2)12-9(16)15-4-3-10-5-15/h3-7H,1-2H3,(H,12,16). The molecule has 1 unspecified atom stereocenters. The molecule has 0 aromatic carbocycles. The van der Waals surface area contributed by atoms with Crippen molar-refractivity contribution in [2.24, 2.45) is 7.05 Å². The van der Waals surface area contributed by atoms with Gasteiger partial charge in [0.25, 0.3) is 0 Å². The van der Waals surface area contributed by atoms with Gasteiger partial charge in [-0.2, -0.15) is 0 Å². The average molecular weight is 220 g/mol. The normalized spacial score (nSPS) is 12.4. The number of carbonyl (C=O) groups is 1. The summed E-state index contributed by atoms with van der Waals surface area (Å²) in [6.07, 6.45) is 6.17. The summed E-state index contributed by atoms with van der Waals surface area (Å²) in [6, 6.07) is -0.449. The van der Waals surface area contributed by atoms with Crippen molar-refractivity contribution >= 4 is 6.03 Å². The van der Waals surface area contributed by atoms with Crippen LogP contribution in [-0.4, -0.2) is 30.3 Å². The highest BCUT2D eigenvalue weighted by Crippen LogP contribution is 2.07. The molecule has 0 saturated carbocycles. The quantitative estimate of drug-likeness (QED) is 0.791. The van der Waals surface area contributed by atoms with E-state index < -0.39 is 0 Å². The van der Waals surface area contributed by atoms with Gasteiger partial charge in [0.05, 0.1) is 6.04 Å². The molecule has 7 nitrogen and oxygen atoms in total. The predicted octanol–water partition coefficient (Wildman–Crippen LogP) is 0.330. The average Bonchev–Trinajstić information content (AvgIpc) is 2.86. The summed E-state index contributed by atoms with van der Waals surface area (Å²) in [6.45, 7) is 1.85. The van der Waals surface area contributed by atoms with Crippen LogP contribution in [0.5, 0.6) is 0 Å². The monoisotopic (exact) mass is 220 g/mol. The van der Waals surface area contributed by atoms with Gasteiger partial charge >= 0.3 is 6.03 Å². The van der Waals surface area contributed by atoms with E-state index in [9.17, 15) is 4.79 Å². The fraction of sp³-hybridized carbons (Fsp3) is 0.333. The summed E-state index contributed by atoms with van der Waals surface area (Å²) in [5.41, 5.74) is 0. The molecule has 0 bridgehead atoms. The molecule has 16 heavy (non-hydrogen) atoms. The molecule has 0 aliphatic heterocycles. The highest BCUT2D eigenvalue weighted by molar-refractivity contribution is 5.76. The Labute approximate surface area is 92.1 Å². The minimum absolute atomic E-state index is 0.206. The van der Waals surface area contributed by atoms with Crippen molar-refractivity contribution in [3.05, 3.63) is 30.9 Å². The van der Waals surface area contributed by atoms with Crippen LogP contribution in [-0.2, 0) is 7.05 Å². The van der Waals surface area contributed by atoms with Crippen molar-refractivity contribution in [2.75, 3.05) is 0 Å². The van der Waals surface area contributed by atoms with Crippen LogP contribution in [0, 0.1) is 0 Å². The minimum Gasteiger partial charge on any atom is -0.328 e. The van der Waals surface area contributed by atoms with E-state index in [1.54, 1.807) is 23.3 Å². The zero-order valence-electron chi connectivity index (χ0n) is 9.03. The molecule has 0 saturated heterocycles. The Balaban J connectivity index is 2.06. The van der Waals surface area contributed by atoms with Crippen LogP contribution in [0.4, 0.5) is 4.79 Å². The third-order valence-corrected chi connectivity index (χ3v) is 2.21. The van der Waals surface area contributed by atoms with Crippen molar-refractivity contribution in [3.8, 4) is 0 Å². The summed E-state index contributed by atoms with van der Waals surface area (Å²) >= 11 is 0. The summed E-state index contributed by atoms with van der Waals surface area (Å²) < 4.78 is 3.13. The maximum Gasteiger partial charge on any atom is 0.327 e. The lowest BCUT2D eigenvalue weighted by atomic mass is 10.3. The largest absolute Gasteiger partial charge is 0.328 e. The van der Waals surface area contributed by atoms with Crippen LogP contribution in [0.25, 0.3) is 0 Å². The maximum absolute atomic E-state index is 11.7. The third kappa shape index (κ3) is 1.92. The Morgan fingerprint density at radius 2 is 2.31 bits per heavy atom. The van der Waals surface area contributed by atoms with Gasteiger partial charge in [-0.1, -0.05) is 0 Å². The zero-order valence-corrected chi connectivity index (χ0v) is 9.03. The van der Waals surface area contributed by atoms with Crippen LogP contribution in [0.15, 0.2) is 25.0 Å². The molecule has 1 amide bonds. The van der Waals surface area contributed by atoms with E-state index >= 15 is 0 Å². The fourth-order valence-electron chi connectivity index (χ4n) is 1.39. The second kappa shape index (κ2) is 4.13. The van der Waals surface area contributed by atoms with Gasteiger partial charge in [0.15, 0.2) is 5.82 Å². The van der Waals surface area contributed by atoms with Crippen molar-refractivity contribution in [2.45, 2.75) is 13.0 Å². The smallest absolute Gasteiger partial charge is 0.327 e. The van der Waals surface area contributed by atoms with E-state index in [0.29, 0.717) is 5.82 Å². The number of imidazole rings is 1. The molecule has 0 fully saturated rings. The number of nitrogens with zero attached hydrogens (tertiary/aromatic N) is 5. The van der Waals surface area contributed by atoms with Crippen LogP contribution in [0.2, 0.25) is 0 Å². The van der Waals surface area contributed by atoms with Gasteiger partial charge in [-0.15, -0.1) is 10.2 Å². The van der Waals surface area contributed by atoms with Gasteiger partial charge in [0.2, 0.25) is 0 Å². The second-order valence-corrected chi connectivity index (χ2v) is 3.44. The summed E-state index contributed by atoms with van der Waals surface area (Å²) in [5, 5.41) is 10.5. The Hall–Kier alpha value is -2.18. The van der Waals surface area contributed by atoms with Crippen molar-refractivity contribution in [1.82, 2.24) is 29.6 Å². The van der Waals surface area contributed by atoms with E-state index in [1.165, 1.54) is 10.9 Å². The van der Waals surface area contributed by atoms with Gasteiger partial charge < -0.3 is 9.88 Å². The van der Waals surface area contributed by atoms with Gasteiger partial charge in [-0.25, -0.2) is 9.78 Å². The first kappa shape index (κ1) is 10.3. The lowest BCUT2D eigenvalue weighted by Gasteiger charge is -2.12. The van der Waals surface area contributed by atoms with Gasteiger partial charge in [-0.3, -0.25) is 4.57 Å². The number of amides is 1. The fourth-order valence-corrected chi connectivity index (χ4v) is 1.39. The second-order valence-electron chi connectivity index (χ2n) is 3.44. The van der Waals surface area contributed by atoms with Crippen molar-refractivity contribution in [3.63, 3.8) is 0 Å². The highest BCUT2D eigenvalue weighted by atomic mass is 16.2.